The maximum Gasteiger partial charge on any atom is 0.283 e. The minimum atomic E-state index is 0.0548. The molecule has 0 unspecified atom stereocenters. The second kappa shape index (κ2) is 11.8. The summed E-state index contributed by atoms with van der Waals surface area (Å²) in [4.78, 5) is 11.7. The third-order valence-electron chi connectivity index (χ3n) is 3.25. The van der Waals surface area contributed by atoms with Crippen molar-refractivity contribution in [3.8, 4) is 0 Å². The van der Waals surface area contributed by atoms with Gasteiger partial charge in [-0.3, -0.25) is 4.79 Å². The second-order valence-electron chi connectivity index (χ2n) is 5.10. The normalized spacial score (nSPS) is 10.4. The highest BCUT2D eigenvalue weighted by atomic mass is 32.2. The standard InChI is InChI=1S/C17H27NOS/c1-2-3-4-5-6-7-8-12-15-20-17(19)18-16-13-10-9-11-14-16/h9-11,13-14H,2-8,12,15H2,1H3,(H,18,19). The fourth-order valence-corrected chi connectivity index (χ4v) is 2.80. The summed E-state index contributed by atoms with van der Waals surface area (Å²) in [6, 6.07) is 9.63. The van der Waals surface area contributed by atoms with E-state index in [0.717, 1.165) is 17.9 Å². The van der Waals surface area contributed by atoms with Crippen molar-refractivity contribution in [2.75, 3.05) is 11.1 Å². The number of carbonyl (C=O) groups is 1. The van der Waals surface area contributed by atoms with Crippen LogP contribution in [0.2, 0.25) is 0 Å². The molecule has 0 spiro atoms. The quantitative estimate of drug-likeness (QED) is 0.529. The molecule has 112 valence electrons. The summed E-state index contributed by atoms with van der Waals surface area (Å²) in [5.74, 6) is 0.924. The van der Waals surface area contributed by atoms with Crippen LogP contribution in [0.25, 0.3) is 0 Å². The van der Waals surface area contributed by atoms with Crippen LogP contribution in [-0.4, -0.2) is 11.0 Å². The maximum absolute atomic E-state index is 11.7. The molecule has 1 rings (SSSR count). The summed E-state index contributed by atoms with van der Waals surface area (Å²) in [6.07, 6.45) is 10.5. The summed E-state index contributed by atoms with van der Waals surface area (Å²) in [7, 11) is 0. The second-order valence-corrected chi connectivity index (χ2v) is 6.17. The van der Waals surface area contributed by atoms with Gasteiger partial charge in [0, 0.05) is 11.4 Å². The highest BCUT2D eigenvalue weighted by Crippen LogP contribution is 2.14. The Morgan fingerprint density at radius 2 is 1.55 bits per heavy atom. The first kappa shape index (κ1) is 17.1. The monoisotopic (exact) mass is 293 g/mol. The van der Waals surface area contributed by atoms with E-state index >= 15 is 0 Å². The van der Waals surface area contributed by atoms with Gasteiger partial charge in [-0.15, -0.1) is 0 Å². The highest BCUT2D eigenvalue weighted by Gasteiger charge is 2.02. The Bertz CT molecular complexity index is 353. The maximum atomic E-state index is 11.7. The third kappa shape index (κ3) is 9.03. The van der Waals surface area contributed by atoms with Gasteiger partial charge in [-0.1, -0.05) is 81.8 Å². The van der Waals surface area contributed by atoms with E-state index in [0.29, 0.717) is 0 Å². The van der Waals surface area contributed by atoms with Crippen molar-refractivity contribution in [3.63, 3.8) is 0 Å². The van der Waals surface area contributed by atoms with Gasteiger partial charge in [-0.2, -0.15) is 0 Å². The summed E-state index contributed by atoms with van der Waals surface area (Å²) in [6.45, 7) is 2.25. The number of hydrogen-bond donors (Lipinski definition) is 1. The predicted molar refractivity (Wildman–Crippen MR) is 90.5 cm³/mol. The smallest absolute Gasteiger partial charge is 0.283 e. The first-order chi connectivity index (χ1) is 9.83. The van der Waals surface area contributed by atoms with Crippen LogP contribution in [0.4, 0.5) is 10.5 Å². The van der Waals surface area contributed by atoms with Crippen molar-refractivity contribution in [2.45, 2.75) is 58.3 Å². The molecule has 0 aromatic heterocycles. The first-order valence-electron chi connectivity index (χ1n) is 7.81. The molecule has 0 heterocycles. The molecule has 20 heavy (non-hydrogen) atoms. The molecule has 0 fully saturated rings. The van der Waals surface area contributed by atoms with E-state index in [-0.39, 0.29) is 5.24 Å². The van der Waals surface area contributed by atoms with Crippen LogP contribution in [-0.2, 0) is 0 Å². The minimum Gasteiger partial charge on any atom is -0.317 e. The average molecular weight is 293 g/mol. The van der Waals surface area contributed by atoms with Crippen LogP contribution in [0.3, 0.4) is 0 Å². The topological polar surface area (TPSA) is 29.1 Å². The van der Waals surface area contributed by atoms with Gasteiger partial charge in [0.25, 0.3) is 5.24 Å². The van der Waals surface area contributed by atoms with Gasteiger partial charge in [0.2, 0.25) is 0 Å². The Labute approximate surface area is 127 Å². The van der Waals surface area contributed by atoms with Crippen molar-refractivity contribution >= 4 is 22.7 Å². The lowest BCUT2D eigenvalue weighted by Crippen LogP contribution is -2.05. The lowest BCUT2D eigenvalue weighted by Gasteiger charge is -2.04. The molecule has 0 saturated carbocycles. The van der Waals surface area contributed by atoms with Gasteiger partial charge in [0.15, 0.2) is 0 Å². The fourth-order valence-electron chi connectivity index (χ4n) is 2.08. The molecule has 0 aliphatic heterocycles. The van der Waals surface area contributed by atoms with E-state index in [4.69, 9.17) is 0 Å². The molecule has 0 atom stereocenters. The molecule has 0 bridgehead atoms. The number of hydrogen-bond acceptors (Lipinski definition) is 2. The molecule has 1 aromatic carbocycles. The Morgan fingerprint density at radius 3 is 2.20 bits per heavy atom. The molecule has 0 saturated heterocycles. The molecule has 0 aliphatic carbocycles. The third-order valence-corrected chi connectivity index (χ3v) is 4.11. The van der Waals surface area contributed by atoms with Crippen LogP contribution < -0.4 is 5.32 Å². The van der Waals surface area contributed by atoms with Crippen molar-refractivity contribution in [2.24, 2.45) is 0 Å². The average Bonchev–Trinajstić information content (AvgIpc) is 2.46. The van der Waals surface area contributed by atoms with Crippen LogP contribution >= 0.6 is 11.8 Å². The molecular formula is C17H27NOS. The van der Waals surface area contributed by atoms with Gasteiger partial charge >= 0.3 is 0 Å². The number of unbranched alkanes of at least 4 members (excludes halogenated alkanes) is 7. The van der Waals surface area contributed by atoms with Gasteiger partial charge < -0.3 is 5.32 Å². The van der Waals surface area contributed by atoms with Crippen LogP contribution in [0.1, 0.15) is 58.3 Å². The Kier molecular flexibility index (Phi) is 10.1. The van der Waals surface area contributed by atoms with Gasteiger partial charge in [-0.25, -0.2) is 0 Å². The van der Waals surface area contributed by atoms with E-state index in [1.165, 1.54) is 56.7 Å². The predicted octanol–water partition coefficient (Wildman–Crippen LogP) is 6.09. The van der Waals surface area contributed by atoms with Gasteiger partial charge in [0.05, 0.1) is 0 Å². The zero-order chi connectivity index (χ0) is 14.5. The van der Waals surface area contributed by atoms with Crippen molar-refractivity contribution in [1.29, 1.82) is 0 Å². The highest BCUT2D eigenvalue weighted by molar-refractivity contribution is 8.13. The van der Waals surface area contributed by atoms with Crippen molar-refractivity contribution in [3.05, 3.63) is 30.3 Å². The number of anilines is 1. The van der Waals surface area contributed by atoms with Gasteiger partial charge in [0.1, 0.15) is 0 Å². The summed E-state index contributed by atoms with van der Waals surface area (Å²) in [5.41, 5.74) is 0.876. The number of rotatable bonds is 10. The van der Waals surface area contributed by atoms with E-state index in [1.807, 2.05) is 30.3 Å². The van der Waals surface area contributed by atoms with E-state index in [9.17, 15) is 4.79 Å². The number of benzene rings is 1. The number of amides is 1. The zero-order valence-electron chi connectivity index (χ0n) is 12.6. The number of thioether (sulfide) groups is 1. The summed E-state index contributed by atoms with van der Waals surface area (Å²) in [5, 5.41) is 2.95. The number of para-hydroxylation sites is 1. The number of nitrogens with one attached hydrogen (secondary N) is 1. The van der Waals surface area contributed by atoms with Crippen molar-refractivity contribution in [1.82, 2.24) is 0 Å². The Hall–Kier alpha value is -0.960. The lowest BCUT2D eigenvalue weighted by atomic mass is 10.1. The summed E-state index contributed by atoms with van der Waals surface area (Å²) < 4.78 is 0. The molecule has 2 nitrogen and oxygen atoms in total. The van der Waals surface area contributed by atoms with E-state index < -0.39 is 0 Å². The van der Waals surface area contributed by atoms with Crippen LogP contribution in [0.15, 0.2) is 30.3 Å². The minimum absolute atomic E-state index is 0.0548. The molecule has 0 aliphatic rings. The molecule has 1 N–H and O–H groups in total. The SMILES string of the molecule is CCCCCCCCCCSC(=O)Nc1ccccc1. The van der Waals surface area contributed by atoms with Crippen molar-refractivity contribution < 1.29 is 4.79 Å². The zero-order valence-corrected chi connectivity index (χ0v) is 13.4. The largest absolute Gasteiger partial charge is 0.317 e. The molecule has 1 amide bonds. The number of carbonyl (C=O) groups excluding carboxylic acids is 1. The molecular weight excluding hydrogens is 266 g/mol. The van der Waals surface area contributed by atoms with Crippen LogP contribution in [0, 0.1) is 0 Å². The van der Waals surface area contributed by atoms with E-state index in [1.54, 1.807) is 0 Å². The Morgan fingerprint density at radius 1 is 0.950 bits per heavy atom. The molecule has 1 aromatic rings. The molecule has 0 radical (unpaired) electrons. The summed E-state index contributed by atoms with van der Waals surface area (Å²) >= 11 is 1.39. The lowest BCUT2D eigenvalue weighted by molar-refractivity contribution is 0.269. The fraction of sp³-hybridized carbons (Fsp3) is 0.588. The van der Waals surface area contributed by atoms with Crippen LogP contribution in [0.5, 0.6) is 0 Å². The Balaban J connectivity index is 1.92. The van der Waals surface area contributed by atoms with E-state index in [2.05, 4.69) is 12.2 Å². The first-order valence-corrected chi connectivity index (χ1v) is 8.80. The van der Waals surface area contributed by atoms with Gasteiger partial charge in [-0.05, 0) is 18.6 Å². The molecule has 3 heteroatoms.